The highest BCUT2D eigenvalue weighted by molar-refractivity contribution is 7.98. The molecule has 0 saturated heterocycles. The van der Waals surface area contributed by atoms with Crippen molar-refractivity contribution in [2.24, 2.45) is 0 Å². The van der Waals surface area contributed by atoms with Gasteiger partial charge in [0.15, 0.2) is 6.54 Å². The van der Waals surface area contributed by atoms with Gasteiger partial charge in [-0.05, 0) is 43.4 Å². The number of carbonyl (C=O) groups is 1. The van der Waals surface area contributed by atoms with Crippen LogP contribution >= 0.6 is 11.8 Å². The summed E-state index contributed by atoms with van der Waals surface area (Å²) in [6.07, 6.45) is 2.03. The number of nitrogens with zero attached hydrogens (tertiary/aromatic N) is 1. The molecule has 0 radical (unpaired) electrons. The van der Waals surface area contributed by atoms with Crippen molar-refractivity contribution in [3.8, 4) is 0 Å². The lowest BCUT2D eigenvalue weighted by molar-refractivity contribution is -0.885. The molecule has 0 aliphatic rings. The molecule has 2 rings (SSSR count). The van der Waals surface area contributed by atoms with Gasteiger partial charge in [0.25, 0.3) is 11.6 Å². The molecule has 7 heteroatoms. The van der Waals surface area contributed by atoms with Crippen molar-refractivity contribution >= 4 is 29.0 Å². The van der Waals surface area contributed by atoms with Gasteiger partial charge < -0.3 is 10.2 Å². The van der Waals surface area contributed by atoms with E-state index in [9.17, 15) is 14.9 Å². The van der Waals surface area contributed by atoms with E-state index >= 15 is 0 Å². The molecule has 2 N–H and O–H groups in total. The van der Waals surface area contributed by atoms with E-state index in [4.69, 9.17) is 0 Å². The minimum atomic E-state index is -0.466. The number of aryl methyl sites for hydroxylation is 1. The molecule has 0 fully saturated rings. The number of benzene rings is 2. The van der Waals surface area contributed by atoms with E-state index in [1.807, 2.05) is 20.2 Å². The fourth-order valence-corrected chi connectivity index (χ4v) is 3.13. The van der Waals surface area contributed by atoms with Gasteiger partial charge in [0.1, 0.15) is 12.2 Å². The van der Waals surface area contributed by atoms with Crippen molar-refractivity contribution in [3.05, 3.63) is 63.2 Å². The zero-order valence-corrected chi connectivity index (χ0v) is 16.3. The van der Waals surface area contributed by atoms with Crippen LogP contribution in [0, 0.1) is 24.0 Å². The van der Waals surface area contributed by atoms with Crippen molar-refractivity contribution in [3.63, 3.8) is 0 Å². The van der Waals surface area contributed by atoms with Gasteiger partial charge in [0.05, 0.1) is 12.0 Å². The van der Waals surface area contributed by atoms with Crippen LogP contribution in [0.5, 0.6) is 0 Å². The average molecular weight is 374 g/mol. The Labute approximate surface area is 157 Å². The van der Waals surface area contributed by atoms with Crippen molar-refractivity contribution in [2.45, 2.75) is 25.3 Å². The molecule has 1 atom stereocenters. The van der Waals surface area contributed by atoms with E-state index in [0.717, 1.165) is 21.6 Å². The molecule has 1 amide bonds. The van der Waals surface area contributed by atoms with E-state index in [-0.39, 0.29) is 23.8 Å². The Morgan fingerprint density at radius 1 is 1.19 bits per heavy atom. The van der Waals surface area contributed by atoms with Crippen molar-refractivity contribution in [1.82, 2.24) is 0 Å². The normalized spacial score (nSPS) is 11.8. The lowest BCUT2D eigenvalue weighted by Crippen LogP contribution is -3.08. The molecule has 0 spiro atoms. The van der Waals surface area contributed by atoms with Gasteiger partial charge >= 0.3 is 0 Å². The summed E-state index contributed by atoms with van der Waals surface area (Å²) >= 11 is 1.69. The number of thioether (sulfide) groups is 1. The molecule has 0 heterocycles. The number of nitrogens with one attached hydrogen (secondary N) is 2. The number of nitro groups is 1. The largest absolute Gasteiger partial charge is 0.326 e. The zero-order valence-electron chi connectivity index (χ0n) is 15.5. The molecular weight excluding hydrogens is 350 g/mol. The maximum atomic E-state index is 12.4. The van der Waals surface area contributed by atoms with Gasteiger partial charge in [-0.3, -0.25) is 14.9 Å². The number of nitro benzene ring substituents is 1. The van der Waals surface area contributed by atoms with Gasteiger partial charge in [-0.15, -0.1) is 11.8 Å². The first-order chi connectivity index (χ1) is 12.3. The molecule has 6 nitrogen and oxygen atoms in total. The van der Waals surface area contributed by atoms with Crippen LogP contribution in [0.2, 0.25) is 0 Å². The maximum absolute atomic E-state index is 12.4. The van der Waals surface area contributed by atoms with Crippen LogP contribution in [0.25, 0.3) is 0 Å². The van der Waals surface area contributed by atoms with Crippen LogP contribution < -0.4 is 10.2 Å². The Morgan fingerprint density at radius 2 is 1.85 bits per heavy atom. The summed E-state index contributed by atoms with van der Waals surface area (Å²) in [6.45, 7) is 4.58. The highest BCUT2D eigenvalue weighted by Gasteiger charge is 2.20. The Balaban J connectivity index is 2.04. The SMILES string of the molecule is CSc1ccc(C[NH+](C)CC(=O)Nc2c([N+](=O)[O-])ccc(C)c2C)cc1. The summed E-state index contributed by atoms with van der Waals surface area (Å²) in [5.41, 5.74) is 2.98. The number of hydrogen-bond acceptors (Lipinski definition) is 4. The topological polar surface area (TPSA) is 76.7 Å². The minimum Gasteiger partial charge on any atom is -0.326 e. The first kappa shape index (κ1) is 19.9. The average Bonchev–Trinajstić information content (AvgIpc) is 2.59. The minimum absolute atomic E-state index is 0.0771. The number of rotatable bonds is 7. The van der Waals surface area contributed by atoms with Gasteiger partial charge in [0.2, 0.25) is 0 Å². The smallest absolute Gasteiger partial charge is 0.293 e. The molecule has 0 bridgehead atoms. The molecule has 2 aromatic carbocycles. The van der Waals surface area contributed by atoms with Crippen molar-refractivity contribution < 1.29 is 14.6 Å². The third-order valence-corrected chi connectivity index (χ3v) is 5.05. The van der Waals surface area contributed by atoms with E-state index in [1.165, 1.54) is 11.0 Å². The first-order valence-corrected chi connectivity index (χ1v) is 9.53. The molecule has 0 aliphatic heterocycles. The van der Waals surface area contributed by atoms with Crippen molar-refractivity contribution in [1.29, 1.82) is 0 Å². The number of anilines is 1. The first-order valence-electron chi connectivity index (χ1n) is 8.30. The predicted molar refractivity (Wildman–Crippen MR) is 105 cm³/mol. The molecule has 0 aromatic heterocycles. The predicted octanol–water partition coefficient (Wildman–Crippen LogP) is 2.59. The third-order valence-electron chi connectivity index (χ3n) is 4.30. The van der Waals surface area contributed by atoms with Crippen LogP contribution in [-0.2, 0) is 11.3 Å². The maximum Gasteiger partial charge on any atom is 0.293 e. The fraction of sp³-hybridized carbons (Fsp3) is 0.316. The summed E-state index contributed by atoms with van der Waals surface area (Å²) in [5.74, 6) is -0.236. The number of hydrogen-bond donors (Lipinski definition) is 2. The van der Waals surface area contributed by atoms with E-state index in [0.29, 0.717) is 6.54 Å². The molecule has 0 aliphatic carbocycles. The molecule has 0 saturated carbocycles. The van der Waals surface area contributed by atoms with Crippen LogP contribution in [0.1, 0.15) is 16.7 Å². The lowest BCUT2D eigenvalue weighted by atomic mass is 10.1. The monoisotopic (exact) mass is 374 g/mol. The second-order valence-corrected chi connectivity index (χ2v) is 7.25. The Kier molecular flexibility index (Phi) is 6.76. The van der Waals surface area contributed by atoms with E-state index < -0.39 is 4.92 Å². The van der Waals surface area contributed by atoms with Gasteiger partial charge in [-0.2, -0.15) is 0 Å². The van der Waals surface area contributed by atoms with Crippen LogP contribution in [-0.4, -0.2) is 30.7 Å². The Morgan fingerprint density at radius 3 is 2.42 bits per heavy atom. The summed E-state index contributed by atoms with van der Waals surface area (Å²) in [7, 11) is 1.93. The quantitative estimate of drug-likeness (QED) is 0.444. The summed E-state index contributed by atoms with van der Waals surface area (Å²) in [4.78, 5) is 25.4. The number of likely N-dealkylation sites (N-methyl/N-ethyl adjacent to an activating group) is 1. The molecule has 1 unspecified atom stereocenters. The molecule has 138 valence electrons. The van der Waals surface area contributed by atoms with Gasteiger partial charge in [0, 0.05) is 16.5 Å². The number of carbonyl (C=O) groups excluding carboxylic acids is 1. The summed E-state index contributed by atoms with van der Waals surface area (Å²) < 4.78 is 0. The molecular formula is C19H24N3O3S+. The second-order valence-electron chi connectivity index (χ2n) is 6.37. The van der Waals surface area contributed by atoms with Crippen LogP contribution in [0.15, 0.2) is 41.3 Å². The fourth-order valence-electron chi connectivity index (χ4n) is 2.72. The summed E-state index contributed by atoms with van der Waals surface area (Å²) in [5, 5.41) is 14.0. The van der Waals surface area contributed by atoms with Crippen molar-refractivity contribution in [2.75, 3.05) is 25.2 Å². The highest BCUT2D eigenvalue weighted by Crippen LogP contribution is 2.29. The van der Waals surface area contributed by atoms with E-state index in [2.05, 4.69) is 29.6 Å². The Bertz CT molecular complexity index is 806. The lowest BCUT2D eigenvalue weighted by Gasteiger charge is -2.15. The Hall–Kier alpha value is -2.38. The van der Waals surface area contributed by atoms with Gasteiger partial charge in [-0.1, -0.05) is 18.2 Å². The van der Waals surface area contributed by atoms with Gasteiger partial charge in [-0.25, -0.2) is 0 Å². The van der Waals surface area contributed by atoms with E-state index in [1.54, 1.807) is 24.8 Å². The molecule has 26 heavy (non-hydrogen) atoms. The molecule has 2 aromatic rings. The van der Waals surface area contributed by atoms with Crippen LogP contribution in [0.3, 0.4) is 0 Å². The number of quaternary nitrogens is 1. The third kappa shape index (κ3) is 5.06. The standard InChI is InChI=1S/C19H23N3O3S/c1-13-5-10-17(22(24)25)19(14(13)2)20-18(23)12-21(3)11-15-6-8-16(26-4)9-7-15/h5-10H,11-12H2,1-4H3,(H,20,23)/p+1. The number of amides is 1. The second kappa shape index (κ2) is 8.82. The zero-order chi connectivity index (χ0) is 19.3. The van der Waals surface area contributed by atoms with Crippen LogP contribution in [0.4, 0.5) is 11.4 Å². The summed E-state index contributed by atoms with van der Waals surface area (Å²) in [6, 6.07) is 11.4. The highest BCUT2D eigenvalue weighted by atomic mass is 32.2.